The minimum Gasteiger partial charge on any atom is -0.386 e. The molecule has 0 fully saturated rings. The van der Waals surface area contributed by atoms with E-state index in [-0.39, 0.29) is 5.57 Å². The van der Waals surface area contributed by atoms with Gasteiger partial charge in [-0.25, -0.2) is 0 Å². The summed E-state index contributed by atoms with van der Waals surface area (Å²) in [6.07, 6.45) is 1.35. The van der Waals surface area contributed by atoms with Gasteiger partial charge in [0.15, 0.2) is 0 Å². The van der Waals surface area contributed by atoms with Crippen molar-refractivity contribution in [3.63, 3.8) is 0 Å². The lowest BCUT2D eigenvalue weighted by Crippen LogP contribution is -1.96. The first-order chi connectivity index (χ1) is 7.71. The molecule has 0 heterocycles. The Morgan fingerprint density at radius 3 is 2.56 bits per heavy atom. The summed E-state index contributed by atoms with van der Waals surface area (Å²) in [7, 11) is 1.76. The third-order valence-corrected chi connectivity index (χ3v) is 2.10. The third-order valence-electron chi connectivity index (χ3n) is 1.86. The number of anilines is 2. The van der Waals surface area contributed by atoms with Crippen LogP contribution in [0.5, 0.6) is 0 Å². The van der Waals surface area contributed by atoms with Crippen LogP contribution >= 0.6 is 11.6 Å². The second kappa shape index (κ2) is 5.65. The second-order valence-corrected chi connectivity index (χ2v) is 3.30. The van der Waals surface area contributed by atoms with Gasteiger partial charge in [-0.1, -0.05) is 11.6 Å². The molecule has 0 saturated heterocycles. The fraction of sp³-hybridized carbons (Fsp3) is 0.0909. The van der Waals surface area contributed by atoms with Gasteiger partial charge < -0.3 is 10.6 Å². The van der Waals surface area contributed by atoms with Gasteiger partial charge in [0.2, 0.25) is 0 Å². The van der Waals surface area contributed by atoms with E-state index in [2.05, 4.69) is 10.6 Å². The molecule has 80 valence electrons. The van der Waals surface area contributed by atoms with Gasteiger partial charge in [0.25, 0.3) is 0 Å². The summed E-state index contributed by atoms with van der Waals surface area (Å²) in [4.78, 5) is 0. The molecule has 0 aromatic heterocycles. The van der Waals surface area contributed by atoms with Gasteiger partial charge in [0.1, 0.15) is 17.7 Å². The van der Waals surface area contributed by atoms with E-state index >= 15 is 0 Å². The first-order valence-corrected chi connectivity index (χ1v) is 4.83. The van der Waals surface area contributed by atoms with Crippen LogP contribution in [-0.4, -0.2) is 7.05 Å². The van der Waals surface area contributed by atoms with Gasteiger partial charge in [-0.2, -0.15) is 10.5 Å². The highest BCUT2D eigenvalue weighted by Crippen LogP contribution is 2.25. The molecule has 0 atom stereocenters. The zero-order valence-electron chi connectivity index (χ0n) is 8.58. The van der Waals surface area contributed by atoms with Crippen molar-refractivity contribution in [2.75, 3.05) is 17.7 Å². The van der Waals surface area contributed by atoms with Crippen LogP contribution in [0.1, 0.15) is 0 Å². The van der Waals surface area contributed by atoms with Crippen LogP contribution in [0.15, 0.2) is 30.0 Å². The Morgan fingerprint density at radius 2 is 2.00 bits per heavy atom. The maximum Gasteiger partial charge on any atom is 0.145 e. The van der Waals surface area contributed by atoms with Crippen molar-refractivity contribution in [2.24, 2.45) is 0 Å². The van der Waals surface area contributed by atoms with Crippen LogP contribution in [-0.2, 0) is 0 Å². The van der Waals surface area contributed by atoms with E-state index in [1.54, 1.807) is 37.4 Å². The van der Waals surface area contributed by atoms with Gasteiger partial charge in [0.05, 0.1) is 11.4 Å². The average Bonchev–Trinajstić information content (AvgIpc) is 2.31. The molecule has 0 spiro atoms. The van der Waals surface area contributed by atoms with Crippen LogP contribution in [0, 0.1) is 22.7 Å². The normalized spacial score (nSPS) is 8.50. The van der Waals surface area contributed by atoms with E-state index in [0.29, 0.717) is 5.02 Å². The summed E-state index contributed by atoms with van der Waals surface area (Å²) in [6, 6.07) is 8.75. The van der Waals surface area contributed by atoms with Crippen molar-refractivity contribution < 1.29 is 0 Å². The lowest BCUT2D eigenvalue weighted by Gasteiger charge is -2.08. The molecule has 0 bridgehead atoms. The molecule has 0 saturated carbocycles. The molecule has 0 radical (unpaired) electrons. The largest absolute Gasteiger partial charge is 0.386 e. The topological polar surface area (TPSA) is 71.6 Å². The van der Waals surface area contributed by atoms with E-state index in [1.165, 1.54) is 6.20 Å². The smallest absolute Gasteiger partial charge is 0.145 e. The quantitative estimate of drug-likeness (QED) is 0.786. The Hall–Kier alpha value is -2.17. The summed E-state index contributed by atoms with van der Waals surface area (Å²) >= 11 is 5.82. The number of allylic oxidation sites excluding steroid dienone is 1. The first-order valence-electron chi connectivity index (χ1n) is 4.45. The molecule has 16 heavy (non-hydrogen) atoms. The van der Waals surface area contributed by atoms with E-state index in [0.717, 1.165) is 11.4 Å². The summed E-state index contributed by atoms with van der Waals surface area (Å²) in [6.45, 7) is 0. The minimum absolute atomic E-state index is 0.0111. The minimum atomic E-state index is 0.0111. The summed E-state index contributed by atoms with van der Waals surface area (Å²) < 4.78 is 0. The summed E-state index contributed by atoms with van der Waals surface area (Å²) in [5.41, 5.74) is 1.55. The number of rotatable bonds is 3. The molecule has 0 aliphatic heterocycles. The Balaban J connectivity index is 2.95. The zero-order valence-corrected chi connectivity index (χ0v) is 9.34. The average molecular weight is 233 g/mol. The fourth-order valence-corrected chi connectivity index (χ4v) is 1.26. The Bertz CT molecular complexity index is 478. The van der Waals surface area contributed by atoms with Crippen molar-refractivity contribution in [3.8, 4) is 12.1 Å². The number of nitriles is 2. The van der Waals surface area contributed by atoms with E-state index < -0.39 is 0 Å². The number of nitrogens with zero attached hydrogens (tertiary/aromatic N) is 2. The number of hydrogen-bond acceptors (Lipinski definition) is 4. The number of benzene rings is 1. The van der Waals surface area contributed by atoms with Crippen molar-refractivity contribution in [2.45, 2.75) is 0 Å². The van der Waals surface area contributed by atoms with Crippen LogP contribution in [0.25, 0.3) is 0 Å². The van der Waals surface area contributed by atoms with Crippen LogP contribution in [0.3, 0.4) is 0 Å². The predicted molar refractivity (Wildman–Crippen MR) is 63.9 cm³/mol. The molecule has 1 rings (SSSR count). The molecule has 0 aliphatic carbocycles. The molecule has 0 unspecified atom stereocenters. The van der Waals surface area contributed by atoms with Gasteiger partial charge >= 0.3 is 0 Å². The monoisotopic (exact) mass is 232 g/mol. The lowest BCUT2D eigenvalue weighted by molar-refractivity contribution is 1.43. The zero-order chi connectivity index (χ0) is 12.0. The van der Waals surface area contributed by atoms with E-state index in [1.807, 2.05) is 0 Å². The standard InChI is InChI=1S/C11H9ClN4/c1-15-11-4-9(12)2-3-10(11)16-7-8(5-13)6-14/h2-4,7,15-16H,1H3. The van der Waals surface area contributed by atoms with E-state index in [9.17, 15) is 0 Å². The Kier molecular flexibility index (Phi) is 4.20. The van der Waals surface area contributed by atoms with Crippen LogP contribution < -0.4 is 10.6 Å². The molecular weight excluding hydrogens is 224 g/mol. The van der Waals surface area contributed by atoms with Crippen molar-refractivity contribution in [1.82, 2.24) is 0 Å². The molecule has 0 amide bonds. The predicted octanol–water partition coefficient (Wildman–Crippen LogP) is 2.72. The van der Waals surface area contributed by atoms with Gasteiger partial charge in [-0.3, -0.25) is 0 Å². The molecule has 2 N–H and O–H groups in total. The molecule has 1 aromatic carbocycles. The van der Waals surface area contributed by atoms with Crippen LogP contribution in [0.2, 0.25) is 5.02 Å². The molecular formula is C11H9ClN4. The third kappa shape index (κ3) is 2.91. The summed E-state index contributed by atoms with van der Waals surface area (Å²) in [5, 5.41) is 23.5. The van der Waals surface area contributed by atoms with Crippen LogP contribution in [0.4, 0.5) is 11.4 Å². The fourth-order valence-electron chi connectivity index (χ4n) is 1.09. The maximum atomic E-state index is 8.56. The van der Waals surface area contributed by atoms with Crippen molar-refractivity contribution in [1.29, 1.82) is 10.5 Å². The highest BCUT2D eigenvalue weighted by Gasteiger charge is 2.00. The Morgan fingerprint density at radius 1 is 1.31 bits per heavy atom. The van der Waals surface area contributed by atoms with Crippen molar-refractivity contribution in [3.05, 3.63) is 35.0 Å². The highest BCUT2D eigenvalue weighted by atomic mass is 35.5. The Labute approximate surface area is 98.8 Å². The SMILES string of the molecule is CNc1cc(Cl)ccc1NC=C(C#N)C#N. The molecule has 1 aromatic rings. The lowest BCUT2D eigenvalue weighted by atomic mass is 10.2. The van der Waals surface area contributed by atoms with Gasteiger partial charge in [-0.15, -0.1) is 0 Å². The van der Waals surface area contributed by atoms with Gasteiger partial charge in [-0.05, 0) is 18.2 Å². The number of halogens is 1. The number of hydrogen-bond donors (Lipinski definition) is 2. The second-order valence-electron chi connectivity index (χ2n) is 2.87. The van der Waals surface area contributed by atoms with Crippen molar-refractivity contribution >= 4 is 23.0 Å². The maximum absolute atomic E-state index is 8.56. The highest BCUT2D eigenvalue weighted by molar-refractivity contribution is 6.31. The first kappa shape index (κ1) is 11.9. The molecule has 5 heteroatoms. The van der Waals surface area contributed by atoms with Gasteiger partial charge in [0, 0.05) is 18.3 Å². The molecule has 0 aliphatic rings. The van der Waals surface area contributed by atoms with E-state index in [4.69, 9.17) is 22.1 Å². The molecule has 4 nitrogen and oxygen atoms in total. The summed E-state index contributed by atoms with van der Waals surface area (Å²) in [5.74, 6) is 0. The number of nitrogens with one attached hydrogen (secondary N) is 2.